The third-order valence-electron chi connectivity index (χ3n) is 1.91. The molecule has 0 fully saturated rings. The Bertz CT molecular complexity index is 176. The summed E-state index contributed by atoms with van der Waals surface area (Å²) in [6.45, 7) is 4.47. The minimum atomic E-state index is -0.556. The molecular formula is C10H16Cl2Ti. The minimum absolute atomic E-state index is 0.556. The van der Waals surface area contributed by atoms with Crippen LogP contribution in [0.15, 0.2) is 23.8 Å². The maximum absolute atomic E-state index is 4.89. The zero-order valence-electron chi connectivity index (χ0n) is 8.19. The maximum atomic E-state index is 4.89. The predicted molar refractivity (Wildman–Crippen MR) is 57.6 cm³/mol. The van der Waals surface area contributed by atoms with Gasteiger partial charge in [0.05, 0.1) is 0 Å². The van der Waals surface area contributed by atoms with Gasteiger partial charge in [0, 0.05) is 0 Å². The van der Waals surface area contributed by atoms with Crippen molar-refractivity contribution in [2.75, 3.05) is 0 Å². The summed E-state index contributed by atoms with van der Waals surface area (Å²) in [4.78, 5) is 0. The van der Waals surface area contributed by atoms with Gasteiger partial charge in [-0.15, -0.1) is 0 Å². The predicted octanol–water partition coefficient (Wildman–Crippen LogP) is 4.69. The summed E-state index contributed by atoms with van der Waals surface area (Å²) in [5, 5.41) is 0. The van der Waals surface area contributed by atoms with Crippen LogP contribution in [0.2, 0.25) is 0 Å². The molecule has 0 aliphatic heterocycles. The van der Waals surface area contributed by atoms with Crippen molar-refractivity contribution in [3.8, 4) is 0 Å². The van der Waals surface area contributed by atoms with Crippen LogP contribution in [0.4, 0.5) is 0 Å². The summed E-state index contributed by atoms with van der Waals surface area (Å²) in [6, 6.07) is 0. The van der Waals surface area contributed by atoms with Gasteiger partial charge in [-0.3, -0.25) is 0 Å². The molecule has 1 aliphatic carbocycles. The summed E-state index contributed by atoms with van der Waals surface area (Å²) in [5.41, 5.74) is 1.54. The van der Waals surface area contributed by atoms with Crippen LogP contribution < -0.4 is 0 Å². The molecule has 0 N–H and O–H groups in total. The molecule has 0 heterocycles. The van der Waals surface area contributed by atoms with Gasteiger partial charge in [0.1, 0.15) is 0 Å². The Morgan fingerprint density at radius 3 is 2.46 bits per heavy atom. The van der Waals surface area contributed by atoms with Crippen molar-refractivity contribution in [2.45, 2.75) is 33.1 Å². The molecule has 13 heavy (non-hydrogen) atoms. The Morgan fingerprint density at radius 2 is 2.08 bits per heavy atom. The van der Waals surface area contributed by atoms with Gasteiger partial charge in [0.15, 0.2) is 0 Å². The van der Waals surface area contributed by atoms with Crippen LogP contribution in [-0.4, -0.2) is 0 Å². The van der Waals surface area contributed by atoms with Crippen molar-refractivity contribution in [1.82, 2.24) is 0 Å². The van der Waals surface area contributed by atoms with E-state index >= 15 is 0 Å². The monoisotopic (exact) mass is 254 g/mol. The molecule has 0 nitrogen and oxygen atoms in total. The fraction of sp³-hybridized carbons (Fsp3) is 0.600. The Labute approximate surface area is 98.1 Å². The molecule has 0 saturated heterocycles. The first-order valence-corrected chi connectivity index (χ1v) is 8.89. The molecule has 3 heteroatoms. The fourth-order valence-electron chi connectivity index (χ4n) is 1.27. The molecule has 0 bridgehead atoms. The molecule has 0 aromatic carbocycles. The summed E-state index contributed by atoms with van der Waals surface area (Å²) in [7, 11) is 9.78. The standard InChI is InChI=1S/C10H16.2ClH.Ti/c1-3-4-5-10-7-6-9(2)8-10;;;/h6-9H,3-5H2,1-2H3;2*1H;/q;;;+2/p-2. The SMILES string of the molecule is CCCCC1=CC(C)C=C1.[Cl][Ti][Cl]. The van der Waals surface area contributed by atoms with E-state index in [9.17, 15) is 0 Å². The van der Waals surface area contributed by atoms with Crippen LogP contribution in [0.5, 0.6) is 0 Å². The van der Waals surface area contributed by atoms with E-state index in [4.69, 9.17) is 18.6 Å². The van der Waals surface area contributed by atoms with E-state index in [-0.39, 0.29) is 0 Å². The van der Waals surface area contributed by atoms with Crippen molar-refractivity contribution in [3.05, 3.63) is 23.8 Å². The molecule has 1 aliphatic rings. The van der Waals surface area contributed by atoms with Crippen LogP contribution in [0, 0.1) is 5.92 Å². The van der Waals surface area contributed by atoms with Gasteiger partial charge in [-0.25, -0.2) is 0 Å². The van der Waals surface area contributed by atoms with Crippen molar-refractivity contribution >= 4 is 18.6 Å². The van der Waals surface area contributed by atoms with Gasteiger partial charge >= 0.3 is 35.6 Å². The molecule has 0 saturated carbocycles. The third-order valence-corrected chi connectivity index (χ3v) is 1.91. The number of hydrogen-bond acceptors (Lipinski definition) is 0. The van der Waals surface area contributed by atoms with Gasteiger partial charge < -0.3 is 0 Å². The topological polar surface area (TPSA) is 0 Å². The zero-order valence-corrected chi connectivity index (χ0v) is 11.3. The van der Waals surface area contributed by atoms with Gasteiger partial charge in [-0.05, 0) is 18.8 Å². The molecule has 1 rings (SSSR count). The second-order valence-electron chi connectivity index (χ2n) is 3.13. The van der Waals surface area contributed by atoms with Crippen molar-refractivity contribution in [1.29, 1.82) is 0 Å². The first-order chi connectivity index (χ1) is 6.24. The molecule has 0 spiro atoms. The van der Waals surface area contributed by atoms with E-state index in [2.05, 4.69) is 32.1 Å². The summed E-state index contributed by atoms with van der Waals surface area (Å²) >= 11 is -0.556. The van der Waals surface area contributed by atoms with E-state index in [1.54, 1.807) is 0 Å². The Morgan fingerprint density at radius 1 is 1.46 bits per heavy atom. The molecule has 74 valence electrons. The molecule has 0 aromatic rings. The second-order valence-corrected chi connectivity index (χ2v) is 5.71. The van der Waals surface area contributed by atoms with Gasteiger partial charge in [-0.1, -0.05) is 44.1 Å². The molecule has 0 aromatic heterocycles. The Kier molecular flexibility index (Phi) is 9.89. The van der Waals surface area contributed by atoms with E-state index in [1.807, 2.05) is 0 Å². The van der Waals surface area contributed by atoms with Gasteiger partial charge in [0.25, 0.3) is 0 Å². The summed E-state index contributed by atoms with van der Waals surface area (Å²) in [6.07, 6.45) is 10.8. The number of rotatable bonds is 3. The third kappa shape index (κ3) is 7.82. The van der Waals surface area contributed by atoms with Crippen LogP contribution in [-0.2, 0) is 17.0 Å². The fourth-order valence-corrected chi connectivity index (χ4v) is 1.27. The normalized spacial score (nSPS) is 19.1. The summed E-state index contributed by atoms with van der Waals surface area (Å²) < 4.78 is 0. The van der Waals surface area contributed by atoms with Gasteiger partial charge in [0.2, 0.25) is 0 Å². The first kappa shape index (κ1) is 13.8. The molecule has 1 atom stereocenters. The van der Waals surface area contributed by atoms with Crippen LogP contribution in [0.3, 0.4) is 0 Å². The van der Waals surface area contributed by atoms with Crippen molar-refractivity contribution in [3.63, 3.8) is 0 Å². The van der Waals surface area contributed by atoms with Gasteiger partial charge in [-0.2, -0.15) is 0 Å². The zero-order chi connectivity index (χ0) is 10.1. The van der Waals surface area contributed by atoms with Crippen LogP contribution >= 0.6 is 18.6 Å². The van der Waals surface area contributed by atoms with E-state index < -0.39 is 17.0 Å². The van der Waals surface area contributed by atoms with E-state index in [0.29, 0.717) is 5.92 Å². The second kappa shape index (κ2) is 9.33. The number of halogens is 2. The number of hydrogen-bond donors (Lipinski definition) is 0. The Hall–Kier alpha value is 0.774. The van der Waals surface area contributed by atoms with E-state index in [0.717, 1.165) is 0 Å². The quantitative estimate of drug-likeness (QED) is 0.642. The van der Waals surface area contributed by atoms with Crippen molar-refractivity contribution < 1.29 is 17.0 Å². The number of unbranched alkanes of at least 4 members (excludes halogenated alkanes) is 1. The average Bonchev–Trinajstić information content (AvgIpc) is 2.49. The van der Waals surface area contributed by atoms with Crippen molar-refractivity contribution in [2.24, 2.45) is 5.92 Å². The van der Waals surface area contributed by atoms with Crippen LogP contribution in [0.1, 0.15) is 33.1 Å². The molecular weight excluding hydrogens is 239 g/mol. The first-order valence-electron chi connectivity index (χ1n) is 4.59. The summed E-state index contributed by atoms with van der Waals surface area (Å²) in [5.74, 6) is 0.687. The molecule has 0 radical (unpaired) electrons. The average molecular weight is 255 g/mol. The molecule has 0 amide bonds. The Balaban J connectivity index is 0.000000424. The molecule has 1 unspecified atom stereocenters. The van der Waals surface area contributed by atoms with Crippen LogP contribution in [0.25, 0.3) is 0 Å². The van der Waals surface area contributed by atoms with E-state index in [1.165, 1.54) is 24.8 Å². The number of allylic oxidation sites excluding steroid dienone is 4.